The Morgan fingerprint density at radius 3 is 1.48 bits per heavy atom. The van der Waals surface area contributed by atoms with Crippen LogP contribution in [0.25, 0.3) is 11.4 Å². The van der Waals surface area contributed by atoms with E-state index in [0.29, 0.717) is 21.4 Å². The van der Waals surface area contributed by atoms with Crippen LogP contribution in [0, 0.1) is 0 Å². The lowest BCUT2D eigenvalue weighted by molar-refractivity contribution is 0.707. The van der Waals surface area contributed by atoms with Gasteiger partial charge in [-0.15, -0.1) is 0 Å². The molecule has 1 N–H and O–H groups in total. The largest absolute Gasteiger partial charge is 0.349 e. The van der Waals surface area contributed by atoms with E-state index in [9.17, 15) is 9.59 Å². The highest BCUT2D eigenvalue weighted by Gasteiger charge is 2.16. The quantitative estimate of drug-likeness (QED) is 0.788. The van der Waals surface area contributed by atoms with E-state index in [1.54, 1.807) is 48.5 Å². The number of hydrogen-bond donors (Lipinski definition) is 1. The van der Waals surface area contributed by atoms with Gasteiger partial charge in [0.25, 0.3) is 0 Å². The van der Waals surface area contributed by atoms with Crippen molar-refractivity contribution in [2.75, 3.05) is 0 Å². The van der Waals surface area contributed by atoms with E-state index in [0.717, 1.165) is 9.36 Å². The van der Waals surface area contributed by atoms with Crippen molar-refractivity contribution < 1.29 is 0 Å². The highest BCUT2D eigenvalue weighted by molar-refractivity contribution is 6.32. The maximum Gasteiger partial charge on any atom is 0.349 e. The molecule has 0 amide bonds. The Kier molecular flexibility index (Phi) is 3.45. The Bertz CT molecular complexity index is 850. The molecule has 0 aliphatic carbocycles. The second-order valence-corrected chi connectivity index (χ2v) is 5.08. The van der Waals surface area contributed by atoms with Crippen LogP contribution < -0.4 is 11.4 Å². The second-order valence-electron chi connectivity index (χ2n) is 4.26. The van der Waals surface area contributed by atoms with E-state index in [1.165, 1.54) is 0 Å². The fourth-order valence-corrected chi connectivity index (χ4v) is 2.49. The molecule has 0 spiro atoms. The summed E-state index contributed by atoms with van der Waals surface area (Å²) >= 11 is 12.2. The topological polar surface area (TPSA) is 59.8 Å². The molecule has 0 saturated carbocycles. The lowest BCUT2D eigenvalue weighted by Crippen LogP contribution is -2.24. The molecule has 3 aromatic rings. The van der Waals surface area contributed by atoms with Gasteiger partial charge in [-0.05, 0) is 24.3 Å². The van der Waals surface area contributed by atoms with Gasteiger partial charge in [0.15, 0.2) is 0 Å². The van der Waals surface area contributed by atoms with E-state index in [1.807, 2.05) is 0 Å². The molecule has 1 aromatic heterocycles. The van der Waals surface area contributed by atoms with Gasteiger partial charge in [-0.1, -0.05) is 47.5 Å². The Labute approximate surface area is 129 Å². The van der Waals surface area contributed by atoms with E-state index in [4.69, 9.17) is 23.2 Å². The lowest BCUT2D eigenvalue weighted by atomic mass is 10.3. The van der Waals surface area contributed by atoms with Crippen molar-refractivity contribution in [2.24, 2.45) is 0 Å². The zero-order valence-corrected chi connectivity index (χ0v) is 12.1. The molecule has 106 valence electrons. The van der Waals surface area contributed by atoms with E-state index in [-0.39, 0.29) is 0 Å². The molecular weight excluding hydrogens is 313 g/mol. The van der Waals surface area contributed by atoms with E-state index >= 15 is 0 Å². The maximum absolute atomic E-state index is 12.1. The van der Waals surface area contributed by atoms with Crippen LogP contribution in [0.3, 0.4) is 0 Å². The third-order valence-corrected chi connectivity index (χ3v) is 3.60. The summed E-state index contributed by atoms with van der Waals surface area (Å²) in [4.78, 5) is 26.4. The van der Waals surface area contributed by atoms with E-state index in [2.05, 4.69) is 4.98 Å². The minimum atomic E-state index is -0.590. The van der Waals surface area contributed by atoms with Crippen molar-refractivity contribution in [2.45, 2.75) is 0 Å². The van der Waals surface area contributed by atoms with Crippen LogP contribution >= 0.6 is 23.2 Å². The van der Waals surface area contributed by atoms with E-state index < -0.39 is 11.4 Å². The van der Waals surface area contributed by atoms with Gasteiger partial charge in [0.1, 0.15) is 0 Å². The highest BCUT2D eigenvalue weighted by atomic mass is 35.5. The van der Waals surface area contributed by atoms with Crippen molar-refractivity contribution in [3.63, 3.8) is 0 Å². The molecule has 0 aliphatic rings. The summed E-state index contributed by atoms with van der Waals surface area (Å²) in [5.41, 5.74) is -0.397. The summed E-state index contributed by atoms with van der Waals surface area (Å²) in [5.74, 6) is 0. The zero-order valence-electron chi connectivity index (χ0n) is 10.6. The zero-order chi connectivity index (χ0) is 15.0. The Morgan fingerprint density at radius 1 is 0.714 bits per heavy atom. The molecule has 0 atom stereocenters. The van der Waals surface area contributed by atoms with Crippen LogP contribution in [-0.2, 0) is 0 Å². The molecule has 0 saturated heterocycles. The van der Waals surface area contributed by atoms with Crippen LogP contribution in [0.5, 0.6) is 0 Å². The average Bonchev–Trinajstić information content (AvgIpc) is 2.75. The van der Waals surface area contributed by atoms with Gasteiger partial charge in [-0.25, -0.2) is 9.59 Å². The summed E-state index contributed by atoms with van der Waals surface area (Å²) in [6.07, 6.45) is 0. The molecule has 0 aliphatic heterocycles. The predicted molar refractivity (Wildman–Crippen MR) is 82.0 cm³/mol. The second kappa shape index (κ2) is 5.27. The Hall–Kier alpha value is -2.24. The average molecular weight is 322 g/mol. The molecule has 2 aromatic carbocycles. The lowest BCUT2D eigenvalue weighted by Gasteiger charge is -2.11. The van der Waals surface area contributed by atoms with Crippen molar-refractivity contribution in [3.05, 3.63) is 79.5 Å². The van der Waals surface area contributed by atoms with Crippen LogP contribution in [0.1, 0.15) is 0 Å². The third-order valence-electron chi connectivity index (χ3n) is 2.96. The number of H-pyrrole nitrogens is 1. The van der Waals surface area contributed by atoms with Crippen LogP contribution in [0.2, 0.25) is 10.0 Å². The van der Waals surface area contributed by atoms with Crippen molar-refractivity contribution >= 4 is 23.2 Å². The predicted octanol–water partition coefficient (Wildman–Crippen LogP) is 2.62. The Balaban J connectivity index is 2.39. The molecule has 0 unspecified atom stereocenters. The van der Waals surface area contributed by atoms with Gasteiger partial charge in [-0.2, -0.15) is 9.36 Å². The first-order valence-corrected chi connectivity index (χ1v) is 6.79. The van der Waals surface area contributed by atoms with Gasteiger partial charge in [0.05, 0.1) is 21.4 Å². The molecule has 0 radical (unpaired) electrons. The van der Waals surface area contributed by atoms with Crippen molar-refractivity contribution in [1.82, 2.24) is 14.3 Å². The minimum Gasteiger partial charge on any atom is -0.256 e. The van der Waals surface area contributed by atoms with Gasteiger partial charge in [-0.3, -0.25) is 4.98 Å². The van der Waals surface area contributed by atoms with Gasteiger partial charge < -0.3 is 0 Å². The summed E-state index contributed by atoms with van der Waals surface area (Å²) in [7, 11) is 0. The SMILES string of the molecule is O=c1[nH]c(=O)n(-c2ccccc2Cl)n1-c1ccccc1Cl. The fraction of sp³-hybridized carbons (Fsp3) is 0. The number of rotatable bonds is 2. The van der Waals surface area contributed by atoms with Gasteiger partial charge >= 0.3 is 11.4 Å². The number of halogens is 2. The summed E-state index contributed by atoms with van der Waals surface area (Å²) in [5, 5.41) is 0.693. The number of para-hydroxylation sites is 2. The van der Waals surface area contributed by atoms with Crippen LogP contribution in [0.15, 0.2) is 58.1 Å². The first-order chi connectivity index (χ1) is 10.1. The smallest absolute Gasteiger partial charge is 0.256 e. The van der Waals surface area contributed by atoms with Gasteiger partial charge in [0, 0.05) is 0 Å². The van der Waals surface area contributed by atoms with Gasteiger partial charge in [0.2, 0.25) is 0 Å². The summed E-state index contributed by atoms with van der Waals surface area (Å²) in [6.45, 7) is 0. The van der Waals surface area contributed by atoms with Crippen molar-refractivity contribution in [1.29, 1.82) is 0 Å². The maximum atomic E-state index is 12.1. The first-order valence-electron chi connectivity index (χ1n) is 6.04. The van der Waals surface area contributed by atoms with Crippen LogP contribution in [-0.4, -0.2) is 14.3 Å². The van der Waals surface area contributed by atoms with Crippen molar-refractivity contribution in [3.8, 4) is 11.4 Å². The Morgan fingerprint density at radius 2 is 1.10 bits per heavy atom. The first kappa shape index (κ1) is 13.7. The highest BCUT2D eigenvalue weighted by Crippen LogP contribution is 2.22. The molecular formula is C14H9Cl2N3O2. The standard InChI is InChI=1S/C14H9Cl2N3O2/c15-9-5-1-3-7-11(9)18-13(20)17-14(21)19(18)12-8-4-2-6-10(12)16/h1-8H,(H,17,20,21). The third kappa shape index (κ3) is 2.30. The number of nitrogens with zero attached hydrogens (tertiary/aromatic N) is 2. The fourth-order valence-electron chi connectivity index (χ4n) is 2.06. The monoisotopic (exact) mass is 321 g/mol. The molecule has 0 fully saturated rings. The molecule has 1 heterocycles. The number of nitrogens with one attached hydrogen (secondary N) is 1. The molecule has 5 nitrogen and oxygen atoms in total. The molecule has 3 rings (SSSR count). The number of hydrogen-bond acceptors (Lipinski definition) is 2. The number of benzene rings is 2. The normalized spacial score (nSPS) is 10.8. The number of aromatic nitrogens is 3. The molecule has 7 heteroatoms. The van der Waals surface area contributed by atoms with Crippen LogP contribution in [0.4, 0.5) is 0 Å². The molecule has 21 heavy (non-hydrogen) atoms. The number of aromatic amines is 1. The summed E-state index contributed by atoms with van der Waals surface area (Å²) in [6, 6.07) is 13.5. The molecule has 0 bridgehead atoms. The summed E-state index contributed by atoms with van der Waals surface area (Å²) < 4.78 is 2.32. The minimum absolute atomic E-state index is 0.347.